The van der Waals surface area contributed by atoms with Gasteiger partial charge in [0.25, 0.3) is 0 Å². The average molecular weight is 183 g/mol. The first-order valence-electron chi connectivity index (χ1n) is 3.52. The van der Waals surface area contributed by atoms with Gasteiger partial charge in [-0.15, -0.1) is 0 Å². The molecule has 72 valence electrons. The van der Waals surface area contributed by atoms with Gasteiger partial charge in [-0.1, -0.05) is 0 Å². The van der Waals surface area contributed by atoms with Crippen LogP contribution in [-0.4, -0.2) is 25.8 Å². The van der Waals surface area contributed by atoms with E-state index in [4.69, 9.17) is 4.84 Å². The third-order valence-corrected chi connectivity index (χ3v) is 1.39. The van der Waals surface area contributed by atoms with Gasteiger partial charge in [0.2, 0.25) is 0 Å². The second-order valence-electron chi connectivity index (χ2n) is 2.30. The topological polar surface area (TPSA) is 12.5 Å². The fourth-order valence-electron chi connectivity index (χ4n) is 0.643. The van der Waals surface area contributed by atoms with Crippen LogP contribution in [0.5, 0.6) is 0 Å². The van der Waals surface area contributed by atoms with Crippen LogP contribution in [-0.2, 0) is 4.84 Å². The highest BCUT2D eigenvalue weighted by atomic mass is 19.3. The van der Waals surface area contributed by atoms with Gasteiger partial charge in [-0.2, -0.15) is 13.8 Å². The highest BCUT2D eigenvalue weighted by Gasteiger charge is 2.04. The van der Waals surface area contributed by atoms with Crippen molar-refractivity contribution in [3.8, 4) is 0 Å². The van der Waals surface area contributed by atoms with E-state index in [0.29, 0.717) is 13.0 Å². The minimum atomic E-state index is -2.23. The van der Waals surface area contributed by atoms with Gasteiger partial charge in [-0.25, -0.2) is 4.39 Å². The van der Waals surface area contributed by atoms with Crippen LogP contribution in [0.25, 0.3) is 0 Å². The number of nitrogens with zero attached hydrogens (tertiary/aromatic N) is 1. The molecule has 0 radical (unpaired) electrons. The van der Waals surface area contributed by atoms with E-state index in [2.05, 4.69) is 0 Å². The zero-order valence-corrected chi connectivity index (χ0v) is 7.11. The van der Waals surface area contributed by atoms with Gasteiger partial charge in [-0.05, 0) is 6.42 Å². The monoisotopic (exact) mass is 183 g/mol. The van der Waals surface area contributed by atoms with Crippen LogP contribution in [0.3, 0.4) is 0 Å². The predicted octanol–water partition coefficient (Wildman–Crippen LogP) is 2.34. The molecule has 0 amide bonds. The van der Waals surface area contributed by atoms with E-state index < -0.39 is 11.9 Å². The summed E-state index contributed by atoms with van der Waals surface area (Å²) < 4.78 is 35.1. The van der Waals surface area contributed by atoms with Gasteiger partial charge in [0.05, 0.1) is 7.11 Å². The van der Waals surface area contributed by atoms with Crippen LogP contribution in [0.15, 0.2) is 11.9 Å². The standard InChI is InChI=1S/C7H12F3NO/c1-11(12-2)5-3-4-6(8)7(9)10/h3-5H2,1-2H3. The Bertz CT molecular complexity index is 157. The first-order chi connectivity index (χ1) is 5.57. The molecule has 0 unspecified atom stereocenters. The molecule has 0 rings (SSSR count). The van der Waals surface area contributed by atoms with Crippen LogP contribution in [0.1, 0.15) is 12.8 Å². The summed E-state index contributed by atoms with van der Waals surface area (Å²) in [6.07, 6.45) is -2.15. The molecule has 12 heavy (non-hydrogen) atoms. The summed E-state index contributed by atoms with van der Waals surface area (Å²) in [4.78, 5) is 4.70. The molecule has 0 aromatic carbocycles. The maximum atomic E-state index is 12.2. The van der Waals surface area contributed by atoms with E-state index >= 15 is 0 Å². The van der Waals surface area contributed by atoms with Crippen molar-refractivity contribution in [1.29, 1.82) is 0 Å². The third kappa shape index (κ3) is 5.15. The van der Waals surface area contributed by atoms with Gasteiger partial charge in [-0.3, -0.25) is 0 Å². The summed E-state index contributed by atoms with van der Waals surface area (Å²) in [6.45, 7) is 0.428. The van der Waals surface area contributed by atoms with Crippen LogP contribution in [0.2, 0.25) is 0 Å². The molecular formula is C7H12F3NO. The summed E-state index contributed by atoms with van der Waals surface area (Å²) in [5.41, 5.74) is 0. The third-order valence-electron chi connectivity index (χ3n) is 1.39. The summed E-state index contributed by atoms with van der Waals surface area (Å²) in [7, 11) is 3.11. The summed E-state index contributed by atoms with van der Waals surface area (Å²) >= 11 is 0. The molecule has 0 aliphatic rings. The molecule has 0 aliphatic heterocycles. The Morgan fingerprint density at radius 1 is 1.33 bits per heavy atom. The molecule has 0 saturated heterocycles. The van der Waals surface area contributed by atoms with Crippen LogP contribution in [0.4, 0.5) is 13.2 Å². The fourth-order valence-corrected chi connectivity index (χ4v) is 0.643. The second kappa shape index (κ2) is 6.02. The van der Waals surface area contributed by atoms with Gasteiger partial charge in [0, 0.05) is 20.0 Å². The van der Waals surface area contributed by atoms with Gasteiger partial charge in [0.15, 0.2) is 5.83 Å². The van der Waals surface area contributed by atoms with Gasteiger partial charge < -0.3 is 4.84 Å². The zero-order valence-electron chi connectivity index (χ0n) is 7.11. The van der Waals surface area contributed by atoms with E-state index in [-0.39, 0.29) is 6.42 Å². The van der Waals surface area contributed by atoms with Gasteiger partial charge in [0.1, 0.15) is 0 Å². The lowest BCUT2D eigenvalue weighted by atomic mass is 10.3. The minimum Gasteiger partial charge on any atom is -0.303 e. The predicted molar refractivity (Wildman–Crippen MR) is 39.2 cm³/mol. The first-order valence-corrected chi connectivity index (χ1v) is 3.52. The maximum absolute atomic E-state index is 12.2. The largest absolute Gasteiger partial charge is 0.303 e. The van der Waals surface area contributed by atoms with Crippen LogP contribution < -0.4 is 0 Å². The molecule has 0 N–H and O–H groups in total. The SMILES string of the molecule is CON(C)CCCC(F)=C(F)F. The minimum absolute atomic E-state index is 0.240. The summed E-state index contributed by atoms with van der Waals surface area (Å²) in [6, 6.07) is 0. The van der Waals surface area contributed by atoms with E-state index in [1.807, 2.05) is 0 Å². The quantitative estimate of drug-likeness (QED) is 0.606. The highest BCUT2D eigenvalue weighted by Crippen LogP contribution is 2.14. The molecule has 0 fully saturated rings. The van der Waals surface area contributed by atoms with Crippen LogP contribution in [0, 0.1) is 0 Å². The Kier molecular flexibility index (Phi) is 5.74. The van der Waals surface area contributed by atoms with E-state index in [0.717, 1.165) is 0 Å². The van der Waals surface area contributed by atoms with Crippen molar-refractivity contribution in [1.82, 2.24) is 5.06 Å². The Balaban J connectivity index is 3.51. The Morgan fingerprint density at radius 3 is 2.33 bits per heavy atom. The number of rotatable bonds is 5. The number of hydroxylamine groups is 2. The average Bonchev–Trinajstić information content (AvgIpc) is 2.03. The molecule has 0 aromatic rings. The molecular weight excluding hydrogens is 171 g/mol. The normalized spacial score (nSPS) is 10.5. The van der Waals surface area contributed by atoms with E-state index in [1.165, 1.54) is 12.2 Å². The molecule has 0 aromatic heterocycles. The molecule has 0 atom stereocenters. The molecule has 0 heterocycles. The maximum Gasteiger partial charge on any atom is 0.301 e. The van der Waals surface area contributed by atoms with Crippen molar-refractivity contribution in [2.45, 2.75) is 12.8 Å². The van der Waals surface area contributed by atoms with Crippen LogP contribution >= 0.6 is 0 Å². The first kappa shape index (κ1) is 11.4. The molecule has 0 spiro atoms. The van der Waals surface area contributed by atoms with E-state index in [1.54, 1.807) is 7.05 Å². The fraction of sp³-hybridized carbons (Fsp3) is 0.714. The number of allylic oxidation sites excluding steroid dienone is 1. The lowest BCUT2D eigenvalue weighted by molar-refractivity contribution is -0.109. The van der Waals surface area contributed by atoms with Crippen molar-refractivity contribution in [3.63, 3.8) is 0 Å². The molecule has 5 heteroatoms. The highest BCUT2D eigenvalue weighted by molar-refractivity contribution is 4.90. The Labute approximate surface area is 69.6 Å². The smallest absolute Gasteiger partial charge is 0.301 e. The number of hydrogen-bond donors (Lipinski definition) is 0. The van der Waals surface area contributed by atoms with Crippen molar-refractivity contribution >= 4 is 0 Å². The lowest BCUT2D eigenvalue weighted by Crippen LogP contribution is -2.17. The summed E-state index contributed by atoms with van der Waals surface area (Å²) in [5, 5.41) is 1.45. The number of halogens is 3. The lowest BCUT2D eigenvalue weighted by Gasteiger charge is -2.11. The second-order valence-corrected chi connectivity index (χ2v) is 2.30. The van der Waals surface area contributed by atoms with E-state index in [9.17, 15) is 13.2 Å². The molecule has 0 saturated carbocycles. The molecule has 2 nitrogen and oxygen atoms in total. The Morgan fingerprint density at radius 2 is 1.92 bits per heavy atom. The van der Waals surface area contributed by atoms with Crippen molar-refractivity contribution < 1.29 is 18.0 Å². The van der Waals surface area contributed by atoms with Crippen molar-refractivity contribution in [3.05, 3.63) is 11.9 Å². The van der Waals surface area contributed by atoms with Gasteiger partial charge >= 0.3 is 6.08 Å². The van der Waals surface area contributed by atoms with Crippen molar-refractivity contribution in [2.24, 2.45) is 0 Å². The summed E-state index contributed by atoms with van der Waals surface area (Å²) in [5.74, 6) is -1.33. The molecule has 0 bridgehead atoms. The zero-order chi connectivity index (χ0) is 9.56. The molecule has 0 aliphatic carbocycles. The number of hydrogen-bond acceptors (Lipinski definition) is 2. The van der Waals surface area contributed by atoms with Crippen molar-refractivity contribution in [2.75, 3.05) is 20.7 Å². The Hall–Kier alpha value is -0.550.